The fraction of sp³-hybridized carbons (Fsp3) is 0.250. The zero-order valence-electron chi connectivity index (χ0n) is 15.5. The number of ether oxygens (including phenoxy) is 1. The van der Waals surface area contributed by atoms with Crippen molar-refractivity contribution in [1.29, 1.82) is 0 Å². The van der Waals surface area contributed by atoms with E-state index >= 15 is 0 Å². The number of rotatable bonds is 4. The van der Waals surface area contributed by atoms with Gasteiger partial charge in [-0.3, -0.25) is 9.00 Å². The monoisotopic (exact) mass is 431 g/mol. The number of anilines is 1. The second-order valence-corrected chi connectivity index (χ2v) is 9.17. The molecule has 2 aromatic heterocycles. The molecule has 0 bridgehead atoms. The van der Waals surface area contributed by atoms with Gasteiger partial charge in [0, 0.05) is 11.1 Å². The smallest absolute Gasteiger partial charge is 0.349 e. The summed E-state index contributed by atoms with van der Waals surface area (Å²) in [5, 5.41) is 3.48. The maximum Gasteiger partial charge on any atom is 0.349 e. The lowest BCUT2D eigenvalue weighted by atomic mass is 10.1. The fourth-order valence-electron chi connectivity index (χ4n) is 3.23. The van der Waals surface area contributed by atoms with Gasteiger partial charge in [0.15, 0.2) is 0 Å². The van der Waals surface area contributed by atoms with E-state index in [1.54, 1.807) is 31.2 Å². The molecule has 3 aromatic rings. The fourth-order valence-corrected chi connectivity index (χ4v) is 6.13. The summed E-state index contributed by atoms with van der Waals surface area (Å²) < 4.78 is 23.3. The van der Waals surface area contributed by atoms with Crippen LogP contribution in [-0.4, -0.2) is 28.4 Å². The normalized spacial score (nSPS) is 15.7. The van der Waals surface area contributed by atoms with E-state index in [0.29, 0.717) is 39.3 Å². The summed E-state index contributed by atoms with van der Waals surface area (Å²) in [5.41, 5.74) is 0.301. The highest BCUT2D eigenvalue weighted by Gasteiger charge is 2.31. The number of esters is 1. The topological polar surface area (TPSA) is 103 Å². The van der Waals surface area contributed by atoms with Crippen LogP contribution in [0.5, 0.6) is 0 Å². The van der Waals surface area contributed by atoms with E-state index < -0.39 is 28.3 Å². The molecule has 1 aromatic carbocycles. The highest BCUT2D eigenvalue weighted by molar-refractivity contribution is 7.87. The highest BCUT2D eigenvalue weighted by atomic mass is 32.2. The van der Waals surface area contributed by atoms with Crippen LogP contribution in [0.4, 0.5) is 5.00 Å². The largest absolute Gasteiger partial charge is 0.462 e. The molecule has 1 amide bonds. The van der Waals surface area contributed by atoms with Crippen LogP contribution in [0.1, 0.15) is 39.6 Å². The maximum absolute atomic E-state index is 12.8. The molecule has 29 heavy (non-hydrogen) atoms. The molecular formula is C20H17NO6S2. The number of para-hydroxylation sites is 1. The minimum absolute atomic E-state index is 0.175. The summed E-state index contributed by atoms with van der Waals surface area (Å²) in [6.07, 6.45) is 1.27. The summed E-state index contributed by atoms with van der Waals surface area (Å²) in [5.74, 6) is -0.763. The third-order valence-corrected chi connectivity index (χ3v) is 7.60. The predicted molar refractivity (Wildman–Crippen MR) is 110 cm³/mol. The van der Waals surface area contributed by atoms with Gasteiger partial charge in [-0.2, -0.15) is 0 Å². The SMILES string of the molecule is CCOC(=O)c1c(NC(=O)c2cc3ccccc3oc2=O)sc2c1CCCS2=O. The number of benzene rings is 1. The van der Waals surface area contributed by atoms with E-state index in [2.05, 4.69) is 5.32 Å². The maximum atomic E-state index is 12.8. The standard InChI is InChI=1S/C20H17NO6S2/c1-2-26-19(24)15-12-7-5-9-29(25)20(12)28-17(15)21-16(22)13-10-11-6-3-4-8-14(11)27-18(13)23/h3-4,6,8,10H,2,5,7,9H2,1H3,(H,21,22). The van der Waals surface area contributed by atoms with Crippen molar-refractivity contribution in [2.75, 3.05) is 17.7 Å². The van der Waals surface area contributed by atoms with E-state index in [-0.39, 0.29) is 22.7 Å². The average Bonchev–Trinajstić information content (AvgIpc) is 3.07. The molecule has 150 valence electrons. The number of carbonyl (C=O) groups is 2. The lowest BCUT2D eigenvalue weighted by Gasteiger charge is -2.12. The van der Waals surface area contributed by atoms with Gasteiger partial charge in [-0.25, -0.2) is 9.59 Å². The Labute approximate surface area is 172 Å². The Hall–Kier alpha value is -2.78. The molecule has 0 aliphatic carbocycles. The second kappa shape index (κ2) is 7.92. The molecule has 4 rings (SSSR count). The van der Waals surface area contributed by atoms with Crippen LogP contribution in [0.15, 0.2) is 43.8 Å². The first-order valence-electron chi connectivity index (χ1n) is 9.05. The van der Waals surface area contributed by atoms with E-state index in [9.17, 15) is 18.6 Å². The number of thiophene rings is 1. The van der Waals surface area contributed by atoms with Gasteiger partial charge >= 0.3 is 11.6 Å². The van der Waals surface area contributed by atoms with Crippen LogP contribution in [0, 0.1) is 0 Å². The molecule has 0 saturated heterocycles. The summed E-state index contributed by atoms with van der Waals surface area (Å²) >= 11 is 1.09. The molecule has 1 unspecified atom stereocenters. The molecular weight excluding hydrogens is 414 g/mol. The molecule has 0 spiro atoms. The number of amides is 1. The second-order valence-electron chi connectivity index (χ2n) is 6.39. The Bertz CT molecular complexity index is 1210. The van der Waals surface area contributed by atoms with Crippen molar-refractivity contribution in [2.45, 2.75) is 24.0 Å². The van der Waals surface area contributed by atoms with Crippen LogP contribution >= 0.6 is 11.3 Å². The summed E-state index contributed by atoms with van der Waals surface area (Å²) in [6, 6.07) is 8.32. The Morgan fingerprint density at radius 3 is 2.90 bits per heavy atom. The molecule has 0 radical (unpaired) electrons. The highest BCUT2D eigenvalue weighted by Crippen LogP contribution is 2.39. The van der Waals surface area contributed by atoms with E-state index in [1.165, 1.54) is 6.07 Å². The number of nitrogens with one attached hydrogen (secondary N) is 1. The molecule has 3 heterocycles. The van der Waals surface area contributed by atoms with Crippen molar-refractivity contribution in [1.82, 2.24) is 0 Å². The Morgan fingerprint density at radius 2 is 2.10 bits per heavy atom. The van der Waals surface area contributed by atoms with Crippen molar-refractivity contribution in [2.24, 2.45) is 0 Å². The van der Waals surface area contributed by atoms with E-state index in [1.807, 2.05) is 0 Å². The number of hydrogen-bond acceptors (Lipinski definition) is 7. The van der Waals surface area contributed by atoms with Crippen molar-refractivity contribution in [3.8, 4) is 0 Å². The first kappa shape index (κ1) is 19.5. The van der Waals surface area contributed by atoms with Crippen molar-refractivity contribution in [3.63, 3.8) is 0 Å². The zero-order chi connectivity index (χ0) is 20.5. The van der Waals surface area contributed by atoms with Gasteiger partial charge in [0.2, 0.25) is 0 Å². The van der Waals surface area contributed by atoms with Gasteiger partial charge in [-0.15, -0.1) is 11.3 Å². The van der Waals surface area contributed by atoms with Gasteiger partial charge in [0.1, 0.15) is 16.1 Å². The van der Waals surface area contributed by atoms with Gasteiger partial charge < -0.3 is 14.5 Å². The molecule has 1 N–H and O–H groups in total. The Morgan fingerprint density at radius 1 is 1.31 bits per heavy atom. The van der Waals surface area contributed by atoms with Gasteiger partial charge in [0.05, 0.1) is 27.2 Å². The summed E-state index contributed by atoms with van der Waals surface area (Å²) in [6.45, 7) is 1.86. The van der Waals surface area contributed by atoms with Crippen LogP contribution in [0.2, 0.25) is 0 Å². The molecule has 1 atom stereocenters. The average molecular weight is 431 g/mol. The third-order valence-electron chi connectivity index (χ3n) is 4.53. The lowest BCUT2D eigenvalue weighted by molar-refractivity contribution is 0.0526. The van der Waals surface area contributed by atoms with Gasteiger partial charge in [-0.1, -0.05) is 18.2 Å². The molecule has 1 aliphatic rings. The van der Waals surface area contributed by atoms with Crippen molar-refractivity contribution < 1.29 is 23.0 Å². The van der Waals surface area contributed by atoms with Crippen LogP contribution in [0.25, 0.3) is 11.0 Å². The third kappa shape index (κ3) is 3.63. The first-order chi connectivity index (χ1) is 14.0. The molecule has 7 nitrogen and oxygen atoms in total. The minimum Gasteiger partial charge on any atom is -0.462 e. The van der Waals surface area contributed by atoms with Crippen LogP contribution < -0.4 is 10.9 Å². The first-order valence-corrected chi connectivity index (χ1v) is 11.2. The molecule has 9 heteroatoms. The lowest BCUT2D eigenvalue weighted by Crippen LogP contribution is -2.21. The Kier molecular flexibility index (Phi) is 5.33. The van der Waals surface area contributed by atoms with E-state index in [0.717, 1.165) is 11.3 Å². The number of fused-ring (bicyclic) bond motifs is 2. The molecule has 0 saturated carbocycles. The predicted octanol–water partition coefficient (Wildman–Crippen LogP) is 3.34. The van der Waals surface area contributed by atoms with Crippen LogP contribution in [-0.2, 0) is 22.0 Å². The van der Waals surface area contributed by atoms with Crippen molar-refractivity contribution >= 4 is 50.0 Å². The number of carbonyl (C=O) groups excluding carboxylic acids is 2. The van der Waals surface area contributed by atoms with Crippen molar-refractivity contribution in [3.05, 3.63) is 57.4 Å². The molecule has 1 aliphatic heterocycles. The summed E-state index contributed by atoms with van der Waals surface area (Å²) in [7, 11) is -1.23. The van der Waals surface area contributed by atoms with Crippen LogP contribution in [0.3, 0.4) is 0 Å². The van der Waals surface area contributed by atoms with E-state index in [4.69, 9.17) is 9.15 Å². The van der Waals surface area contributed by atoms with Gasteiger partial charge in [0.25, 0.3) is 5.91 Å². The quantitative estimate of drug-likeness (QED) is 0.502. The van der Waals surface area contributed by atoms with Gasteiger partial charge in [-0.05, 0) is 37.5 Å². The summed E-state index contributed by atoms with van der Waals surface area (Å²) in [4.78, 5) is 37.6. The minimum atomic E-state index is -1.23. The Balaban J connectivity index is 1.75. The zero-order valence-corrected chi connectivity index (χ0v) is 17.1. The molecule has 0 fully saturated rings. The number of hydrogen-bond donors (Lipinski definition) is 1.